The minimum absolute atomic E-state index is 0.0230. The van der Waals surface area contributed by atoms with Gasteiger partial charge >= 0.3 is 0 Å². The van der Waals surface area contributed by atoms with Gasteiger partial charge in [-0.25, -0.2) is 9.97 Å². The van der Waals surface area contributed by atoms with E-state index in [1.54, 1.807) is 18.9 Å². The molecule has 1 saturated heterocycles. The van der Waals surface area contributed by atoms with Crippen LogP contribution in [0.15, 0.2) is 30.3 Å². The van der Waals surface area contributed by atoms with E-state index < -0.39 is 0 Å². The highest BCUT2D eigenvalue weighted by molar-refractivity contribution is 5.99. The van der Waals surface area contributed by atoms with Gasteiger partial charge in [-0.05, 0) is 43.9 Å². The lowest BCUT2D eigenvalue weighted by Gasteiger charge is -2.35. The number of aryl methyl sites for hydroxylation is 1. The molecule has 0 bridgehead atoms. The lowest BCUT2D eigenvalue weighted by Crippen LogP contribution is -2.39. The van der Waals surface area contributed by atoms with E-state index in [1.807, 2.05) is 61.2 Å². The topological polar surface area (TPSA) is 85.4 Å². The largest absolute Gasteiger partial charge is 0.363 e. The summed E-state index contributed by atoms with van der Waals surface area (Å²) in [4.78, 5) is 43.7. The molecule has 8 nitrogen and oxygen atoms in total. The number of benzene rings is 1. The number of nitrogens with zero attached hydrogens (tertiary/aromatic N) is 5. The van der Waals surface area contributed by atoms with Crippen molar-refractivity contribution in [3.05, 3.63) is 53.1 Å². The summed E-state index contributed by atoms with van der Waals surface area (Å²) in [5, 5.41) is 1.06. The SMILES string of the molecule is CC(=O)N(C)Cc1cc(N(C)C)nc(C2CCCCN2C(=O)c2cc3c(C)cccc3[nH]2)n1. The van der Waals surface area contributed by atoms with Crippen LogP contribution in [0.25, 0.3) is 10.9 Å². The van der Waals surface area contributed by atoms with Crippen molar-refractivity contribution in [2.24, 2.45) is 0 Å². The molecule has 0 aliphatic carbocycles. The predicted octanol–water partition coefficient (Wildman–Crippen LogP) is 3.68. The van der Waals surface area contributed by atoms with E-state index in [-0.39, 0.29) is 17.9 Å². The number of aromatic amines is 1. The van der Waals surface area contributed by atoms with Crippen molar-refractivity contribution in [3.8, 4) is 0 Å². The van der Waals surface area contributed by atoms with Crippen molar-refractivity contribution in [2.75, 3.05) is 32.6 Å². The Bertz CT molecular complexity index is 1180. The Balaban J connectivity index is 1.69. The molecule has 2 amide bonds. The Morgan fingerprint density at radius 3 is 2.64 bits per heavy atom. The van der Waals surface area contributed by atoms with Gasteiger partial charge in [-0.2, -0.15) is 0 Å². The molecule has 1 atom stereocenters. The van der Waals surface area contributed by atoms with E-state index in [0.717, 1.165) is 47.2 Å². The number of H-pyrrole nitrogens is 1. The first-order chi connectivity index (χ1) is 15.7. The van der Waals surface area contributed by atoms with E-state index in [2.05, 4.69) is 4.98 Å². The Labute approximate surface area is 194 Å². The van der Waals surface area contributed by atoms with Gasteiger partial charge in [0, 0.05) is 51.6 Å². The zero-order valence-corrected chi connectivity index (χ0v) is 20.1. The third-order valence-electron chi connectivity index (χ3n) is 6.35. The second-order valence-corrected chi connectivity index (χ2v) is 9.07. The summed E-state index contributed by atoms with van der Waals surface area (Å²) in [5.74, 6) is 1.35. The number of anilines is 1. The van der Waals surface area contributed by atoms with Crippen LogP contribution in [-0.4, -0.2) is 64.3 Å². The standard InChI is InChI=1S/C25H32N6O2/c1-16-9-8-10-20-19(16)14-21(27-20)25(33)31-12-7-6-11-22(31)24-26-18(15-30(5)17(2)32)13-23(28-24)29(3)4/h8-10,13-14,22,27H,6-7,11-12,15H2,1-5H3. The zero-order valence-electron chi connectivity index (χ0n) is 20.1. The number of aromatic nitrogens is 3. The molecule has 0 spiro atoms. The quantitative estimate of drug-likeness (QED) is 0.644. The third-order valence-corrected chi connectivity index (χ3v) is 6.35. The second-order valence-electron chi connectivity index (χ2n) is 9.07. The van der Waals surface area contributed by atoms with Crippen molar-refractivity contribution in [1.82, 2.24) is 24.8 Å². The summed E-state index contributed by atoms with van der Waals surface area (Å²) in [6, 6.07) is 9.68. The van der Waals surface area contributed by atoms with Crippen LogP contribution >= 0.6 is 0 Å². The molecule has 3 heterocycles. The van der Waals surface area contributed by atoms with Crippen LogP contribution in [-0.2, 0) is 11.3 Å². The summed E-state index contributed by atoms with van der Waals surface area (Å²) in [5.41, 5.74) is 3.46. The van der Waals surface area contributed by atoms with Gasteiger partial charge in [0.05, 0.1) is 18.3 Å². The number of hydrogen-bond acceptors (Lipinski definition) is 5. The number of carbonyl (C=O) groups excluding carboxylic acids is 2. The molecule has 1 unspecified atom stereocenters. The monoisotopic (exact) mass is 448 g/mol. The van der Waals surface area contributed by atoms with Crippen molar-refractivity contribution >= 4 is 28.5 Å². The molecule has 0 saturated carbocycles. The van der Waals surface area contributed by atoms with Crippen LogP contribution in [0, 0.1) is 6.92 Å². The number of piperidine rings is 1. The lowest BCUT2D eigenvalue weighted by atomic mass is 10.0. The Kier molecular flexibility index (Phi) is 6.35. The molecular weight excluding hydrogens is 416 g/mol. The molecule has 1 aromatic carbocycles. The molecule has 174 valence electrons. The van der Waals surface area contributed by atoms with E-state index in [9.17, 15) is 9.59 Å². The number of nitrogens with one attached hydrogen (secondary N) is 1. The van der Waals surface area contributed by atoms with Crippen molar-refractivity contribution in [3.63, 3.8) is 0 Å². The fourth-order valence-corrected chi connectivity index (χ4v) is 4.34. The molecule has 1 fully saturated rings. The van der Waals surface area contributed by atoms with Crippen LogP contribution in [0.5, 0.6) is 0 Å². The first kappa shape index (κ1) is 22.8. The van der Waals surface area contributed by atoms with Crippen LogP contribution in [0.3, 0.4) is 0 Å². The summed E-state index contributed by atoms with van der Waals surface area (Å²) < 4.78 is 0. The summed E-state index contributed by atoms with van der Waals surface area (Å²) >= 11 is 0. The maximum atomic E-state index is 13.6. The first-order valence-electron chi connectivity index (χ1n) is 11.4. The highest BCUT2D eigenvalue weighted by atomic mass is 16.2. The number of likely N-dealkylation sites (tertiary alicyclic amines) is 1. The van der Waals surface area contributed by atoms with E-state index >= 15 is 0 Å². The normalized spacial score (nSPS) is 16.2. The molecule has 4 rings (SSSR count). The number of rotatable bonds is 5. The van der Waals surface area contributed by atoms with Gasteiger partial charge in [-0.1, -0.05) is 12.1 Å². The van der Waals surface area contributed by atoms with Gasteiger partial charge in [0.15, 0.2) is 5.82 Å². The fourth-order valence-electron chi connectivity index (χ4n) is 4.34. The Morgan fingerprint density at radius 2 is 1.94 bits per heavy atom. The molecule has 2 aromatic heterocycles. The molecule has 3 aromatic rings. The van der Waals surface area contributed by atoms with Gasteiger partial charge in [0.2, 0.25) is 5.91 Å². The molecule has 1 aliphatic rings. The van der Waals surface area contributed by atoms with Gasteiger partial charge in [0.1, 0.15) is 11.5 Å². The second kappa shape index (κ2) is 9.21. The number of carbonyl (C=O) groups is 2. The van der Waals surface area contributed by atoms with E-state index in [0.29, 0.717) is 24.6 Å². The predicted molar refractivity (Wildman–Crippen MR) is 129 cm³/mol. The maximum Gasteiger partial charge on any atom is 0.270 e. The van der Waals surface area contributed by atoms with Crippen molar-refractivity contribution < 1.29 is 9.59 Å². The highest BCUT2D eigenvalue weighted by Gasteiger charge is 2.32. The number of hydrogen-bond donors (Lipinski definition) is 1. The van der Waals surface area contributed by atoms with Gasteiger partial charge in [-0.15, -0.1) is 0 Å². The van der Waals surface area contributed by atoms with Crippen LogP contribution < -0.4 is 4.90 Å². The maximum absolute atomic E-state index is 13.6. The summed E-state index contributed by atoms with van der Waals surface area (Å²) in [6.07, 6.45) is 2.77. The number of amides is 2. The number of fused-ring (bicyclic) bond motifs is 1. The van der Waals surface area contributed by atoms with E-state index in [4.69, 9.17) is 9.97 Å². The molecule has 8 heteroatoms. The van der Waals surface area contributed by atoms with Gasteiger partial charge in [-0.3, -0.25) is 9.59 Å². The zero-order chi connectivity index (χ0) is 23.7. The van der Waals surface area contributed by atoms with Gasteiger partial charge < -0.3 is 19.7 Å². The minimum atomic E-state index is -0.208. The highest BCUT2D eigenvalue weighted by Crippen LogP contribution is 2.32. The van der Waals surface area contributed by atoms with Crippen LogP contribution in [0.4, 0.5) is 5.82 Å². The Hall–Kier alpha value is -3.42. The molecule has 33 heavy (non-hydrogen) atoms. The fraction of sp³-hybridized carbons (Fsp3) is 0.440. The van der Waals surface area contributed by atoms with Crippen molar-refractivity contribution in [2.45, 2.75) is 45.7 Å². The Morgan fingerprint density at radius 1 is 1.15 bits per heavy atom. The van der Waals surface area contributed by atoms with Crippen LogP contribution in [0.1, 0.15) is 59.8 Å². The van der Waals surface area contributed by atoms with Crippen molar-refractivity contribution in [1.29, 1.82) is 0 Å². The average molecular weight is 449 g/mol. The van der Waals surface area contributed by atoms with Gasteiger partial charge in [0.25, 0.3) is 5.91 Å². The first-order valence-corrected chi connectivity index (χ1v) is 11.4. The lowest BCUT2D eigenvalue weighted by molar-refractivity contribution is -0.128. The third kappa shape index (κ3) is 4.69. The molecule has 1 aliphatic heterocycles. The molecule has 0 radical (unpaired) electrons. The molecular formula is C25H32N6O2. The summed E-state index contributed by atoms with van der Waals surface area (Å²) in [6.45, 7) is 4.65. The molecule has 1 N–H and O–H groups in total. The smallest absolute Gasteiger partial charge is 0.270 e. The minimum Gasteiger partial charge on any atom is -0.363 e. The average Bonchev–Trinajstić information content (AvgIpc) is 3.24. The van der Waals surface area contributed by atoms with E-state index in [1.165, 1.54) is 0 Å². The summed E-state index contributed by atoms with van der Waals surface area (Å²) in [7, 11) is 5.62. The van der Waals surface area contributed by atoms with Crippen LogP contribution in [0.2, 0.25) is 0 Å².